The van der Waals surface area contributed by atoms with Crippen molar-refractivity contribution in [1.29, 1.82) is 0 Å². The van der Waals surface area contributed by atoms with E-state index in [9.17, 15) is 4.79 Å². The lowest BCUT2D eigenvalue weighted by Gasteiger charge is -2.46. The second-order valence-electron chi connectivity index (χ2n) is 7.08. The molecule has 4 rings (SSSR count). The third-order valence-corrected chi connectivity index (χ3v) is 5.46. The van der Waals surface area contributed by atoms with Gasteiger partial charge in [0, 0.05) is 12.6 Å². The van der Waals surface area contributed by atoms with E-state index in [2.05, 4.69) is 17.1 Å². The average Bonchev–Trinajstić information content (AvgIpc) is 2.40. The number of nitrogens with two attached hydrogens (primary N) is 1. The second-order valence-corrected chi connectivity index (χ2v) is 7.08. The molecular weight excluding hydrogens is 238 g/mol. The molecule has 0 radical (unpaired) electrons. The highest BCUT2D eigenvalue weighted by atomic mass is 16.2. The lowest BCUT2D eigenvalue weighted by Crippen LogP contribution is -2.63. The summed E-state index contributed by atoms with van der Waals surface area (Å²) < 4.78 is 0. The molecule has 3 saturated heterocycles. The zero-order valence-electron chi connectivity index (χ0n) is 12.0. The maximum Gasteiger partial charge on any atom is 0.240 e. The molecule has 4 fully saturated rings. The van der Waals surface area contributed by atoms with Crippen LogP contribution in [-0.4, -0.2) is 42.0 Å². The van der Waals surface area contributed by atoms with Gasteiger partial charge in [-0.2, -0.15) is 0 Å². The minimum atomic E-state index is -0.607. The lowest BCUT2D eigenvalue weighted by molar-refractivity contribution is -0.130. The van der Waals surface area contributed by atoms with Crippen LogP contribution in [-0.2, 0) is 4.79 Å². The van der Waals surface area contributed by atoms with Crippen molar-refractivity contribution in [2.45, 2.75) is 57.0 Å². The Labute approximate surface area is 116 Å². The maximum absolute atomic E-state index is 12.6. The third kappa shape index (κ3) is 2.65. The SMILES string of the molecule is CC1CCCC(N)(C(=O)NC2CN3CCC2CC3)C1. The number of nitrogens with zero attached hydrogens (tertiary/aromatic N) is 1. The molecule has 1 saturated carbocycles. The van der Waals surface area contributed by atoms with Gasteiger partial charge in [0.15, 0.2) is 0 Å². The molecule has 0 spiro atoms. The monoisotopic (exact) mass is 265 g/mol. The highest BCUT2D eigenvalue weighted by Gasteiger charge is 2.41. The van der Waals surface area contributed by atoms with Crippen LogP contribution in [0.4, 0.5) is 0 Å². The molecule has 1 amide bonds. The molecule has 3 heterocycles. The van der Waals surface area contributed by atoms with Gasteiger partial charge in [-0.05, 0) is 50.6 Å². The van der Waals surface area contributed by atoms with E-state index in [0.717, 1.165) is 25.8 Å². The Balaban J connectivity index is 1.61. The summed E-state index contributed by atoms with van der Waals surface area (Å²) in [5.41, 5.74) is 5.78. The number of hydrogen-bond acceptors (Lipinski definition) is 3. The fourth-order valence-corrected chi connectivity index (χ4v) is 4.24. The fraction of sp³-hybridized carbons (Fsp3) is 0.933. The van der Waals surface area contributed by atoms with Gasteiger partial charge in [0.25, 0.3) is 0 Å². The van der Waals surface area contributed by atoms with E-state index in [1.165, 1.54) is 32.4 Å². The maximum atomic E-state index is 12.6. The standard InChI is InChI=1S/C15H27N3O/c1-11-3-2-6-15(16,9-11)14(19)17-13-10-18-7-4-12(13)5-8-18/h11-13H,2-10,16H2,1H3,(H,17,19). The molecule has 0 aromatic rings. The van der Waals surface area contributed by atoms with E-state index in [1.807, 2.05) is 0 Å². The molecule has 2 bridgehead atoms. The first-order valence-corrected chi connectivity index (χ1v) is 7.89. The largest absolute Gasteiger partial charge is 0.350 e. The second kappa shape index (κ2) is 5.06. The van der Waals surface area contributed by atoms with Gasteiger partial charge in [0.05, 0.1) is 5.54 Å². The third-order valence-electron chi connectivity index (χ3n) is 5.46. The first-order chi connectivity index (χ1) is 9.07. The van der Waals surface area contributed by atoms with Gasteiger partial charge in [0.2, 0.25) is 5.91 Å². The van der Waals surface area contributed by atoms with Crippen LogP contribution in [0.3, 0.4) is 0 Å². The summed E-state index contributed by atoms with van der Waals surface area (Å²) in [6.07, 6.45) is 6.47. The Hall–Kier alpha value is -0.610. The summed E-state index contributed by atoms with van der Waals surface area (Å²) in [6, 6.07) is 0.340. The van der Waals surface area contributed by atoms with Gasteiger partial charge >= 0.3 is 0 Å². The van der Waals surface area contributed by atoms with Crippen LogP contribution in [0, 0.1) is 11.8 Å². The van der Waals surface area contributed by atoms with E-state index in [0.29, 0.717) is 17.9 Å². The molecule has 1 aliphatic carbocycles. The van der Waals surface area contributed by atoms with E-state index < -0.39 is 5.54 Å². The summed E-state index contributed by atoms with van der Waals surface area (Å²) in [7, 11) is 0. The van der Waals surface area contributed by atoms with Crippen molar-refractivity contribution in [3.05, 3.63) is 0 Å². The van der Waals surface area contributed by atoms with Crippen LogP contribution < -0.4 is 11.1 Å². The van der Waals surface area contributed by atoms with Gasteiger partial charge < -0.3 is 16.0 Å². The van der Waals surface area contributed by atoms with E-state index in [4.69, 9.17) is 5.73 Å². The molecule has 3 atom stereocenters. The van der Waals surface area contributed by atoms with Gasteiger partial charge in [-0.1, -0.05) is 19.8 Å². The molecule has 4 aliphatic rings. The fourth-order valence-electron chi connectivity index (χ4n) is 4.24. The Kier molecular flexibility index (Phi) is 3.56. The first-order valence-electron chi connectivity index (χ1n) is 7.89. The van der Waals surface area contributed by atoms with E-state index >= 15 is 0 Å². The highest BCUT2D eigenvalue weighted by Crippen LogP contribution is 2.32. The Morgan fingerprint density at radius 3 is 2.63 bits per heavy atom. The van der Waals surface area contributed by atoms with E-state index in [1.54, 1.807) is 0 Å². The van der Waals surface area contributed by atoms with Crippen molar-refractivity contribution in [3.8, 4) is 0 Å². The zero-order valence-corrected chi connectivity index (χ0v) is 12.0. The topological polar surface area (TPSA) is 58.4 Å². The number of fused-ring (bicyclic) bond motifs is 3. The molecule has 0 aromatic carbocycles. The molecule has 0 aromatic heterocycles. The molecular formula is C15H27N3O. The minimum Gasteiger partial charge on any atom is -0.350 e. The van der Waals surface area contributed by atoms with Gasteiger partial charge in [-0.3, -0.25) is 4.79 Å². The van der Waals surface area contributed by atoms with Crippen molar-refractivity contribution >= 4 is 5.91 Å². The average molecular weight is 265 g/mol. The molecule has 3 unspecified atom stereocenters. The number of carbonyl (C=O) groups excluding carboxylic acids is 1. The quantitative estimate of drug-likeness (QED) is 0.786. The first kappa shape index (κ1) is 13.4. The van der Waals surface area contributed by atoms with Crippen LogP contribution in [0.25, 0.3) is 0 Å². The Morgan fingerprint density at radius 2 is 2.05 bits per heavy atom. The minimum absolute atomic E-state index is 0.109. The van der Waals surface area contributed by atoms with Gasteiger partial charge in [-0.15, -0.1) is 0 Å². The van der Waals surface area contributed by atoms with E-state index in [-0.39, 0.29) is 5.91 Å². The van der Waals surface area contributed by atoms with Crippen LogP contribution >= 0.6 is 0 Å². The molecule has 108 valence electrons. The van der Waals surface area contributed by atoms with Crippen molar-refractivity contribution in [1.82, 2.24) is 10.2 Å². The molecule has 3 N–H and O–H groups in total. The predicted molar refractivity (Wildman–Crippen MR) is 75.6 cm³/mol. The van der Waals surface area contributed by atoms with Gasteiger partial charge in [-0.25, -0.2) is 0 Å². The molecule has 3 aliphatic heterocycles. The smallest absolute Gasteiger partial charge is 0.240 e. The number of rotatable bonds is 2. The molecule has 4 heteroatoms. The molecule has 19 heavy (non-hydrogen) atoms. The lowest BCUT2D eigenvalue weighted by atomic mass is 9.76. The summed E-state index contributed by atoms with van der Waals surface area (Å²) in [5, 5.41) is 3.28. The Bertz CT molecular complexity index is 351. The van der Waals surface area contributed by atoms with Crippen LogP contribution in [0.15, 0.2) is 0 Å². The number of hydrogen-bond donors (Lipinski definition) is 2. The van der Waals surface area contributed by atoms with Crippen molar-refractivity contribution < 1.29 is 4.79 Å². The summed E-state index contributed by atoms with van der Waals surface area (Å²) in [4.78, 5) is 15.0. The predicted octanol–water partition coefficient (Wildman–Crippen LogP) is 1.10. The normalized spacial score (nSPS) is 46.0. The number of carbonyl (C=O) groups is 1. The molecule has 4 nitrogen and oxygen atoms in total. The van der Waals surface area contributed by atoms with Crippen molar-refractivity contribution in [2.75, 3.05) is 19.6 Å². The van der Waals surface area contributed by atoms with Crippen LogP contribution in [0.2, 0.25) is 0 Å². The highest BCUT2D eigenvalue weighted by molar-refractivity contribution is 5.86. The summed E-state index contributed by atoms with van der Waals surface area (Å²) in [6.45, 7) is 5.66. The number of piperidine rings is 3. The number of amides is 1. The summed E-state index contributed by atoms with van der Waals surface area (Å²) in [5.74, 6) is 1.37. The van der Waals surface area contributed by atoms with Crippen LogP contribution in [0.1, 0.15) is 45.4 Å². The van der Waals surface area contributed by atoms with Crippen LogP contribution in [0.5, 0.6) is 0 Å². The Morgan fingerprint density at radius 1 is 1.32 bits per heavy atom. The van der Waals surface area contributed by atoms with Crippen molar-refractivity contribution in [2.24, 2.45) is 17.6 Å². The summed E-state index contributed by atoms with van der Waals surface area (Å²) >= 11 is 0. The van der Waals surface area contributed by atoms with Gasteiger partial charge in [0.1, 0.15) is 0 Å². The van der Waals surface area contributed by atoms with Crippen molar-refractivity contribution in [3.63, 3.8) is 0 Å². The zero-order chi connectivity index (χ0) is 13.5. The number of nitrogens with one attached hydrogen (secondary N) is 1.